The second kappa shape index (κ2) is 9.92. The van der Waals surface area contributed by atoms with E-state index in [4.69, 9.17) is 0 Å². The summed E-state index contributed by atoms with van der Waals surface area (Å²) in [4.78, 5) is 29.6. The Morgan fingerprint density at radius 1 is 1.11 bits per heavy atom. The first-order valence-electron chi connectivity index (χ1n) is 11.2. The van der Waals surface area contributed by atoms with Crippen molar-refractivity contribution in [3.05, 3.63) is 94.7 Å². The fourth-order valence-corrected chi connectivity index (χ4v) is 4.31. The van der Waals surface area contributed by atoms with Crippen LogP contribution in [0.15, 0.2) is 77.9 Å². The van der Waals surface area contributed by atoms with Gasteiger partial charge in [-0.15, -0.1) is 0 Å². The molecular formula is C25H24F4N6O. The zero-order valence-corrected chi connectivity index (χ0v) is 19.6. The van der Waals surface area contributed by atoms with E-state index in [1.807, 2.05) is 9.80 Å². The van der Waals surface area contributed by atoms with Crippen LogP contribution < -0.4 is 10.5 Å². The van der Waals surface area contributed by atoms with Gasteiger partial charge in [-0.2, -0.15) is 13.2 Å². The van der Waals surface area contributed by atoms with Gasteiger partial charge in [-0.1, -0.05) is 13.2 Å². The summed E-state index contributed by atoms with van der Waals surface area (Å²) < 4.78 is 56.2. The maximum absolute atomic E-state index is 14.4. The molecule has 188 valence electrons. The zero-order chi connectivity index (χ0) is 26.0. The lowest BCUT2D eigenvalue weighted by Gasteiger charge is -2.38. The van der Waals surface area contributed by atoms with Gasteiger partial charge in [0, 0.05) is 44.8 Å². The molecule has 0 aliphatic carbocycles. The minimum Gasteiger partial charge on any atom is -0.365 e. The number of nitrogens with zero attached hydrogens (tertiary/aromatic N) is 6. The van der Waals surface area contributed by atoms with Gasteiger partial charge in [0.05, 0.1) is 23.5 Å². The molecule has 0 spiro atoms. The number of hydrogen-bond acceptors (Lipinski definition) is 6. The van der Waals surface area contributed by atoms with Crippen LogP contribution in [0.25, 0.3) is 11.2 Å². The molecule has 1 aliphatic heterocycles. The van der Waals surface area contributed by atoms with Crippen LogP contribution in [-0.2, 0) is 12.7 Å². The average Bonchev–Trinajstić information content (AvgIpc) is 2.85. The zero-order valence-electron chi connectivity index (χ0n) is 19.6. The van der Waals surface area contributed by atoms with Crippen molar-refractivity contribution in [3.8, 4) is 0 Å². The Morgan fingerprint density at radius 3 is 2.44 bits per heavy atom. The number of anilines is 1. The van der Waals surface area contributed by atoms with E-state index >= 15 is 0 Å². The summed E-state index contributed by atoms with van der Waals surface area (Å²) in [5.74, 6) is -0.477. The molecule has 1 aliphatic rings. The lowest BCUT2D eigenvalue weighted by molar-refractivity contribution is -0.138. The molecule has 7 nitrogen and oxygen atoms in total. The Bertz CT molecular complexity index is 1400. The summed E-state index contributed by atoms with van der Waals surface area (Å²) in [6.45, 7) is 10.2. The van der Waals surface area contributed by atoms with Crippen molar-refractivity contribution >= 4 is 16.9 Å². The highest BCUT2D eigenvalue weighted by molar-refractivity contribution is 5.75. The van der Waals surface area contributed by atoms with Gasteiger partial charge in [-0.05, 0) is 36.8 Å². The highest BCUT2D eigenvalue weighted by Gasteiger charge is 2.34. The fourth-order valence-electron chi connectivity index (χ4n) is 4.31. The van der Waals surface area contributed by atoms with Crippen molar-refractivity contribution in [2.24, 2.45) is 0 Å². The number of pyridine rings is 2. The van der Waals surface area contributed by atoms with Gasteiger partial charge in [0.15, 0.2) is 5.65 Å². The first-order valence-corrected chi connectivity index (χ1v) is 11.2. The molecular weight excluding hydrogens is 476 g/mol. The third-order valence-corrected chi connectivity index (χ3v) is 5.95. The Balaban J connectivity index is 1.72. The largest absolute Gasteiger partial charge is 0.418 e. The Morgan fingerprint density at radius 2 is 1.81 bits per heavy atom. The van der Waals surface area contributed by atoms with E-state index < -0.39 is 29.7 Å². The molecule has 0 aromatic carbocycles. The highest BCUT2D eigenvalue weighted by atomic mass is 19.4. The number of alkyl halides is 3. The summed E-state index contributed by atoms with van der Waals surface area (Å²) in [5.41, 5.74) is -0.0152. The van der Waals surface area contributed by atoms with Gasteiger partial charge in [0.1, 0.15) is 17.0 Å². The summed E-state index contributed by atoms with van der Waals surface area (Å²) in [6, 6.07) is 3.71. The smallest absolute Gasteiger partial charge is 0.365 e. The lowest BCUT2D eigenvalue weighted by atomic mass is 10.1. The van der Waals surface area contributed by atoms with E-state index in [0.29, 0.717) is 43.0 Å². The SMILES string of the molecule is C=C/C(F)=C(\C(=C)C)N1CCN(c2cc3nccnc3n(Cc3ncccc3C(F)(F)F)c2=O)CC1. The Labute approximate surface area is 204 Å². The van der Waals surface area contributed by atoms with Crippen molar-refractivity contribution in [2.45, 2.75) is 19.6 Å². The van der Waals surface area contributed by atoms with Crippen LogP contribution in [0.5, 0.6) is 0 Å². The van der Waals surface area contributed by atoms with Crippen molar-refractivity contribution in [1.29, 1.82) is 0 Å². The van der Waals surface area contributed by atoms with Crippen molar-refractivity contribution in [2.75, 3.05) is 31.1 Å². The first-order chi connectivity index (χ1) is 17.1. The Kier molecular flexibility index (Phi) is 6.91. The summed E-state index contributed by atoms with van der Waals surface area (Å²) in [5, 5.41) is 0. The van der Waals surface area contributed by atoms with Crippen LogP contribution in [0.4, 0.5) is 23.2 Å². The second-order valence-electron chi connectivity index (χ2n) is 8.34. The molecule has 11 heteroatoms. The molecule has 3 aromatic heterocycles. The van der Waals surface area contributed by atoms with Crippen LogP contribution in [-0.4, -0.2) is 50.6 Å². The first kappa shape index (κ1) is 25.1. The number of fused-ring (bicyclic) bond motifs is 1. The predicted octanol–water partition coefficient (Wildman–Crippen LogP) is 4.32. The average molecular weight is 501 g/mol. The maximum Gasteiger partial charge on any atom is 0.418 e. The number of aromatic nitrogens is 4. The van der Waals surface area contributed by atoms with Crippen molar-refractivity contribution < 1.29 is 17.6 Å². The second-order valence-corrected chi connectivity index (χ2v) is 8.34. The van der Waals surface area contributed by atoms with Crippen molar-refractivity contribution in [3.63, 3.8) is 0 Å². The third-order valence-electron chi connectivity index (χ3n) is 5.95. The molecule has 0 radical (unpaired) electrons. The molecule has 4 rings (SSSR count). The molecule has 3 aromatic rings. The molecule has 1 saturated heterocycles. The van der Waals surface area contributed by atoms with Gasteiger partial charge >= 0.3 is 6.18 Å². The van der Waals surface area contributed by atoms with Gasteiger partial charge in [-0.3, -0.25) is 19.3 Å². The molecule has 0 atom stereocenters. The van der Waals surface area contributed by atoms with E-state index in [1.165, 1.54) is 24.7 Å². The number of rotatable bonds is 6. The standard InChI is InChI=1S/C25H24F4N6O/c1-4-18(26)22(16(2)3)34-12-10-33(11-13-34)21-14-19-23(32-9-8-31-19)35(24(21)36)15-20-17(25(27,28)29)6-5-7-30-20/h4-9,14H,1-2,10-13,15H2,3H3/b22-18-. The monoisotopic (exact) mass is 500 g/mol. The molecule has 0 saturated carbocycles. The molecule has 0 bridgehead atoms. The van der Waals surface area contributed by atoms with E-state index in [9.17, 15) is 22.4 Å². The number of piperazine rings is 1. The Hall–Kier alpha value is -4.02. The third kappa shape index (κ3) is 4.86. The highest BCUT2D eigenvalue weighted by Crippen LogP contribution is 2.31. The molecule has 4 heterocycles. The normalized spacial score (nSPS) is 15.1. The van der Waals surface area contributed by atoms with Gasteiger partial charge < -0.3 is 9.80 Å². The fraction of sp³-hybridized carbons (Fsp3) is 0.280. The van der Waals surface area contributed by atoms with E-state index in [1.54, 1.807) is 13.0 Å². The minimum absolute atomic E-state index is 0.157. The van der Waals surface area contributed by atoms with Crippen LogP contribution in [0.2, 0.25) is 0 Å². The van der Waals surface area contributed by atoms with Crippen LogP contribution in [0, 0.1) is 0 Å². The van der Waals surface area contributed by atoms with E-state index in [-0.39, 0.29) is 17.0 Å². The molecule has 1 fully saturated rings. The number of halogens is 4. The molecule has 0 amide bonds. The topological polar surface area (TPSA) is 67.2 Å². The quantitative estimate of drug-likeness (QED) is 0.371. The van der Waals surface area contributed by atoms with Gasteiger partial charge in [-0.25, -0.2) is 9.37 Å². The van der Waals surface area contributed by atoms with Crippen LogP contribution >= 0.6 is 0 Å². The van der Waals surface area contributed by atoms with Crippen LogP contribution in [0.3, 0.4) is 0 Å². The molecule has 0 unspecified atom stereocenters. The van der Waals surface area contributed by atoms with E-state index in [0.717, 1.165) is 16.7 Å². The predicted molar refractivity (Wildman–Crippen MR) is 129 cm³/mol. The molecule has 36 heavy (non-hydrogen) atoms. The van der Waals surface area contributed by atoms with Gasteiger partial charge in [0.25, 0.3) is 5.56 Å². The lowest BCUT2D eigenvalue weighted by Crippen LogP contribution is -2.48. The van der Waals surface area contributed by atoms with Crippen molar-refractivity contribution in [1.82, 2.24) is 24.4 Å². The number of hydrogen-bond donors (Lipinski definition) is 0. The van der Waals surface area contributed by atoms with Crippen LogP contribution in [0.1, 0.15) is 18.2 Å². The summed E-state index contributed by atoms with van der Waals surface area (Å²) >= 11 is 0. The minimum atomic E-state index is -4.63. The summed E-state index contributed by atoms with van der Waals surface area (Å²) in [7, 11) is 0. The molecule has 0 N–H and O–H groups in total. The number of allylic oxidation sites excluding steroid dienone is 3. The maximum atomic E-state index is 14.4. The summed E-state index contributed by atoms with van der Waals surface area (Å²) in [6.07, 6.45) is 0.575. The van der Waals surface area contributed by atoms with Gasteiger partial charge in [0.2, 0.25) is 0 Å². The van der Waals surface area contributed by atoms with E-state index in [2.05, 4.69) is 28.1 Å².